The second-order valence-corrected chi connectivity index (χ2v) is 9.97. The zero-order valence-electron chi connectivity index (χ0n) is 17.2. The van der Waals surface area contributed by atoms with Crippen LogP contribution < -0.4 is 0 Å². The zero-order valence-corrected chi connectivity index (χ0v) is 17.2. The first-order valence-corrected chi connectivity index (χ1v) is 9.81. The van der Waals surface area contributed by atoms with Gasteiger partial charge >= 0.3 is 11.9 Å². The Morgan fingerprint density at radius 2 is 1.28 bits per heavy atom. The summed E-state index contributed by atoms with van der Waals surface area (Å²) in [6.45, 7) is 12.7. The summed E-state index contributed by atoms with van der Waals surface area (Å²) in [5.74, 6) is -1.01. The highest BCUT2D eigenvalue weighted by Crippen LogP contribution is 2.29. The largest absolute Gasteiger partial charge is 0.464 e. The fraction of sp³-hybridized carbons (Fsp3) is 0.905. The minimum absolute atomic E-state index is 0.112. The molecule has 0 aromatic rings. The molecular weight excluding hydrogens is 316 g/mol. The van der Waals surface area contributed by atoms with Crippen LogP contribution in [0.5, 0.6) is 0 Å². The standard InChI is InChI=1S/C21H38O4/c1-20(2,3)14-24-18(22)17(19(23)25-15-21(4,5)6)13-12-16-10-8-7-9-11-16/h16-17H,7-15H2,1-6H3. The molecule has 0 bridgehead atoms. The summed E-state index contributed by atoms with van der Waals surface area (Å²) in [5.41, 5.74) is -0.224. The maximum Gasteiger partial charge on any atom is 0.320 e. The van der Waals surface area contributed by atoms with E-state index in [0.717, 1.165) is 6.42 Å². The van der Waals surface area contributed by atoms with Crippen molar-refractivity contribution in [2.45, 2.75) is 86.5 Å². The van der Waals surface area contributed by atoms with Gasteiger partial charge in [0.1, 0.15) is 0 Å². The maximum atomic E-state index is 12.5. The number of hydrogen-bond donors (Lipinski definition) is 0. The minimum Gasteiger partial charge on any atom is -0.464 e. The van der Waals surface area contributed by atoms with Crippen molar-refractivity contribution in [2.24, 2.45) is 22.7 Å². The van der Waals surface area contributed by atoms with Crippen LogP contribution in [0.3, 0.4) is 0 Å². The molecule has 0 N–H and O–H groups in total. The normalized spacial score (nSPS) is 16.8. The molecule has 0 saturated heterocycles. The van der Waals surface area contributed by atoms with E-state index in [1.165, 1.54) is 32.1 Å². The average molecular weight is 355 g/mol. The van der Waals surface area contributed by atoms with Crippen molar-refractivity contribution in [1.29, 1.82) is 0 Å². The summed E-state index contributed by atoms with van der Waals surface area (Å²) in [5, 5.41) is 0. The number of carbonyl (C=O) groups excluding carboxylic acids is 2. The van der Waals surface area contributed by atoms with Crippen LogP contribution in [-0.2, 0) is 19.1 Å². The van der Waals surface area contributed by atoms with Crippen molar-refractivity contribution in [3.05, 3.63) is 0 Å². The van der Waals surface area contributed by atoms with E-state index in [1.807, 2.05) is 41.5 Å². The van der Waals surface area contributed by atoms with Crippen LogP contribution >= 0.6 is 0 Å². The fourth-order valence-electron chi connectivity index (χ4n) is 2.99. The number of hydrogen-bond acceptors (Lipinski definition) is 4. The Bertz CT molecular complexity index is 392. The highest BCUT2D eigenvalue weighted by atomic mass is 16.6. The monoisotopic (exact) mass is 354 g/mol. The lowest BCUT2D eigenvalue weighted by Gasteiger charge is -2.25. The molecule has 0 spiro atoms. The molecule has 0 amide bonds. The van der Waals surface area contributed by atoms with E-state index >= 15 is 0 Å². The molecule has 4 nitrogen and oxygen atoms in total. The number of rotatable bonds is 7. The summed E-state index contributed by atoms with van der Waals surface area (Å²) < 4.78 is 10.8. The molecule has 1 aliphatic carbocycles. The van der Waals surface area contributed by atoms with Crippen molar-refractivity contribution in [1.82, 2.24) is 0 Å². The molecular formula is C21H38O4. The Balaban J connectivity index is 2.63. The molecule has 0 unspecified atom stereocenters. The first-order valence-electron chi connectivity index (χ1n) is 9.81. The predicted molar refractivity (Wildman–Crippen MR) is 100 cm³/mol. The van der Waals surface area contributed by atoms with Crippen molar-refractivity contribution >= 4 is 11.9 Å². The van der Waals surface area contributed by atoms with Crippen LogP contribution in [0.2, 0.25) is 0 Å². The minimum atomic E-state index is -0.786. The lowest BCUT2D eigenvalue weighted by molar-refractivity contribution is -0.165. The van der Waals surface area contributed by atoms with Crippen LogP contribution in [0.1, 0.15) is 86.5 Å². The molecule has 1 saturated carbocycles. The van der Waals surface area contributed by atoms with Gasteiger partial charge in [-0.3, -0.25) is 9.59 Å². The van der Waals surface area contributed by atoms with Gasteiger partial charge in [0.25, 0.3) is 0 Å². The van der Waals surface area contributed by atoms with Gasteiger partial charge in [0.05, 0.1) is 13.2 Å². The SMILES string of the molecule is CC(C)(C)COC(=O)C(CCC1CCCCC1)C(=O)OCC(C)(C)C. The molecule has 1 aliphatic rings. The Kier molecular flexibility index (Phi) is 8.43. The van der Waals surface area contributed by atoms with E-state index in [-0.39, 0.29) is 10.8 Å². The number of esters is 2. The van der Waals surface area contributed by atoms with Crippen LogP contribution in [0.4, 0.5) is 0 Å². The van der Waals surface area contributed by atoms with Gasteiger partial charge in [-0.1, -0.05) is 73.6 Å². The molecule has 1 rings (SSSR count). The smallest absolute Gasteiger partial charge is 0.320 e. The van der Waals surface area contributed by atoms with Crippen molar-refractivity contribution < 1.29 is 19.1 Å². The Morgan fingerprint density at radius 1 is 0.840 bits per heavy atom. The van der Waals surface area contributed by atoms with E-state index in [2.05, 4.69) is 0 Å². The zero-order chi connectivity index (χ0) is 19.1. The van der Waals surface area contributed by atoms with Gasteiger partial charge in [-0.05, 0) is 29.6 Å². The molecule has 25 heavy (non-hydrogen) atoms. The van der Waals surface area contributed by atoms with Crippen LogP contribution in [-0.4, -0.2) is 25.2 Å². The summed E-state index contributed by atoms with van der Waals surface area (Å²) >= 11 is 0. The number of ether oxygens (including phenoxy) is 2. The molecule has 4 heteroatoms. The van der Waals surface area contributed by atoms with Crippen LogP contribution in [0, 0.1) is 22.7 Å². The lowest BCUT2D eigenvalue weighted by Crippen LogP contribution is -2.32. The van der Waals surface area contributed by atoms with Gasteiger partial charge in [-0.15, -0.1) is 0 Å². The first kappa shape index (κ1) is 22.0. The van der Waals surface area contributed by atoms with Gasteiger partial charge in [0.15, 0.2) is 5.92 Å². The van der Waals surface area contributed by atoms with Crippen LogP contribution in [0.25, 0.3) is 0 Å². The lowest BCUT2D eigenvalue weighted by atomic mass is 9.84. The Morgan fingerprint density at radius 3 is 1.68 bits per heavy atom. The molecule has 0 aromatic heterocycles. The third-order valence-electron chi connectivity index (χ3n) is 4.45. The highest BCUT2D eigenvalue weighted by molar-refractivity contribution is 5.94. The third kappa shape index (κ3) is 9.86. The second kappa shape index (κ2) is 9.59. The topological polar surface area (TPSA) is 52.6 Å². The van der Waals surface area contributed by atoms with Gasteiger partial charge in [-0.2, -0.15) is 0 Å². The fourth-order valence-corrected chi connectivity index (χ4v) is 2.99. The quantitative estimate of drug-likeness (QED) is 0.469. The summed E-state index contributed by atoms with van der Waals surface area (Å²) in [6, 6.07) is 0. The van der Waals surface area contributed by atoms with Gasteiger partial charge in [-0.25, -0.2) is 0 Å². The summed E-state index contributed by atoms with van der Waals surface area (Å²) in [4.78, 5) is 25.0. The van der Waals surface area contributed by atoms with Gasteiger partial charge < -0.3 is 9.47 Å². The van der Waals surface area contributed by atoms with E-state index in [0.29, 0.717) is 25.6 Å². The van der Waals surface area contributed by atoms with Crippen molar-refractivity contribution in [2.75, 3.05) is 13.2 Å². The molecule has 0 atom stereocenters. The highest BCUT2D eigenvalue weighted by Gasteiger charge is 2.32. The Hall–Kier alpha value is -1.06. The molecule has 146 valence electrons. The van der Waals surface area contributed by atoms with Crippen molar-refractivity contribution in [3.8, 4) is 0 Å². The molecule has 1 fully saturated rings. The van der Waals surface area contributed by atoms with Crippen molar-refractivity contribution in [3.63, 3.8) is 0 Å². The van der Waals surface area contributed by atoms with E-state index in [1.54, 1.807) is 0 Å². The second-order valence-electron chi connectivity index (χ2n) is 9.97. The number of carbonyl (C=O) groups is 2. The van der Waals surface area contributed by atoms with E-state index < -0.39 is 17.9 Å². The molecule has 0 radical (unpaired) electrons. The van der Waals surface area contributed by atoms with Gasteiger partial charge in [0.2, 0.25) is 0 Å². The summed E-state index contributed by atoms with van der Waals surface area (Å²) in [7, 11) is 0. The first-order chi connectivity index (χ1) is 11.5. The van der Waals surface area contributed by atoms with E-state index in [4.69, 9.17) is 9.47 Å². The van der Waals surface area contributed by atoms with E-state index in [9.17, 15) is 9.59 Å². The maximum absolute atomic E-state index is 12.5. The van der Waals surface area contributed by atoms with Crippen LogP contribution in [0.15, 0.2) is 0 Å². The summed E-state index contributed by atoms with van der Waals surface area (Å²) in [6.07, 6.45) is 7.69. The third-order valence-corrected chi connectivity index (χ3v) is 4.45. The Labute approximate surface area is 154 Å². The molecule has 0 aromatic carbocycles. The average Bonchev–Trinajstić information content (AvgIpc) is 2.50. The molecule has 0 heterocycles. The molecule has 0 aliphatic heterocycles. The predicted octanol–water partition coefficient (Wildman–Crippen LogP) is 5.14. The van der Waals surface area contributed by atoms with Gasteiger partial charge in [0, 0.05) is 0 Å².